The molecule has 0 spiro atoms. The van der Waals surface area contributed by atoms with Gasteiger partial charge in [-0.05, 0) is 6.42 Å². The molecule has 5 nitrogen and oxygen atoms in total. The van der Waals surface area contributed by atoms with E-state index < -0.39 is 22.0 Å². The van der Waals surface area contributed by atoms with Crippen molar-refractivity contribution in [1.82, 2.24) is 5.32 Å². The topological polar surface area (TPSA) is 89.5 Å². The Morgan fingerprint density at radius 3 is 1.47 bits per heavy atom. The number of rotatable bonds is 23. The minimum Gasteiger partial charge on any atom is -0.748 e. The molecule has 0 amide bonds. The zero-order valence-corrected chi connectivity index (χ0v) is 23.9. The van der Waals surface area contributed by atoms with Crippen LogP contribution in [-0.4, -0.2) is 43.0 Å². The van der Waals surface area contributed by atoms with E-state index in [0.29, 0.717) is 6.54 Å². The molecule has 1 unspecified atom stereocenters. The summed E-state index contributed by atoms with van der Waals surface area (Å²) in [4.78, 5) is 0. The second kappa shape index (κ2) is 25.1. The Bertz CT molecular complexity index is 435. The third kappa shape index (κ3) is 29.5. The molecule has 0 aromatic carbocycles. The van der Waals surface area contributed by atoms with Crippen LogP contribution in [0.3, 0.4) is 0 Å². The SMILES string of the molecule is CCCCCCCCCCCCCCCCCCCC(O)CNCCS(=O)(=O)[O-].[K+]. The molecular formula is C23H48KNO4S. The predicted molar refractivity (Wildman–Crippen MR) is 122 cm³/mol. The minimum atomic E-state index is -4.16. The number of aliphatic hydroxyl groups excluding tert-OH is 1. The van der Waals surface area contributed by atoms with Crippen LogP contribution < -0.4 is 56.7 Å². The van der Waals surface area contributed by atoms with Gasteiger partial charge in [-0.1, -0.05) is 116 Å². The summed E-state index contributed by atoms with van der Waals surface area (Å²) in [6, 6.07) is 0. The van der Waals surface area contributed by atoms with Crippen LogP contribution in [0.1, 0.15) is 122 Å². The van der Waals surface area contributed by atoms with Crippen molar-refractivity contribution in [3.63, 3.8) is 0 Å². The fraction of sp³-hybridized carbons (Fsp3) is 1.00. The molecule has 1 atom stereocenters. The van der Waals surface area contributed by atoms with Gasteiger partial charge in [-0.15, -0.1) is 0 Å². The van der Waals surface area contributed by atoms with E-state index in [9.17, 15) is 18.1 Å². The van der Waals surface area contributed by atoms with Gasteiger partial charge in [0.05, 0.1) is 22.0 Å². The molecule has 0 aromatic rings. The molecule has 0 aliphatic heterocycles. The second-order valence-corrected chi connectivity index (χ2v) is 10.1. The van der Waals surface area contributed by atoms with Crippen molar-refractivity contribution in [3.8, 4) is 0 Å². The van der Waals surface area contributed by atoms with E-state index in [1.807, 2.05) is 0 Å². The van der Waals surface area contributed by atoms with E-state index in [1.165, 1.54) is 96.3 Å². The molecule has 0 saturated heterocycles. The number of unbranched alkanes of at least 4 members (excludes halogenated alkanes) is 16. The van der Waals surface area contributed by atoms with E-state index in [-0.39, 0.29) is 57.9 Å². The third-order valence-corrected chi connectivity index (χ3v) is 6.25. The van der Waals surface area contributed by atoms with Crippen LogP contribution in [-0.2, 0) is 10.1 Å². The molecule has 0 saturated carbocycles. The predicted octanol–water partition coefficient (Wildman–Crippen LogP) is 2.53. The Kier molecular flexibility index (Phi) is 28.1. The van der Waals surface area contributed by atoms with Gasteiger partial charge < -0.3 is 15.0 Å². The van der Waals surface area contributed by atoms with Gasteiger partial charge in [-0.2, -0.15) is 0 Å². The Morgan fingerprint density at radius 1 is 0.733 bits per heavy atom. The maximum Gasteiger partial charge on any atom is 1.00 e. The average Bonchev–Trinajstić information content (AvgIpc) is 2.67. The number of hydrogen-bond donors (Lipinski definition) is 2. The maximum atomic E-state index is 10.5. The molecule has 0 radical (unpaired) electrons. The number of hydrogen-bond acceptors (Lipinski definition) is 5. The summed E-state index contributed by atoms with van der Waals surface area (Å²) in [7, 11) is -4.16. The molecule has 0 fully saturated rings. The van der Waals surface area contributed by atoms with Crippen molar-refractivity contribution in [2.45, 2.75) is 129 Å². The normalized spacial score (nSPS) is 12.6. The summed E-state index contributed by atoms with van der Waals surface area (Å²) in [5.74, 6) is -0.418. The standard InChI is InChI=1S/C23H49NO4S.K/c1-2-3-4-5-6-7-8-9-10-11-12-13-14-15-16-17-18-19-23(25)22-24-20-21-29(26,27)28;/h23-25H,2-22H2,1H3,(H,26,27,28);/q;+1/p-1. The number of aliphatic hydroxyl groups is 1. The van der Waals surface area contributed by atoms with Crippen molar-refractivity contribution >= 4 is 10.1 Å². The quantitative estimate of drug-likeness (QED) is 0.135. The summed E-state index contributed by atoms with van der Waals surface area (Å²) >= 11 is 0. The van der Waals surface area contributed by atoms with Gasteiger partial charge in [0.15, 0.2) is 0 Å². The zero-order chi connectivity index (χ0) is 21.6. The average molecular weight is 474 g/mol. The van der Waals surface area contributed by atoms with Crippen LogP contribution in [0.5, 0.6) is 0 Å². The molecular weight excluding hydrogens is 425 g/mol. The summed E-state index contributed by atoms with van der Waals surface area (Å²) in [5, 5.41) is 12.6. The molecule has 30 heavy (non-hydrogen) atoms. The molecule has 7 heteroatoms. The van der Waals surface area contributed by atoms with Gasteiger partial charge in [-0.3, -0.25) is 0 Å². The fourth-order valence-electron chi connectivity index (χ4n) is 3.67. The van der Waals surface area contributed by atoms with Crippen LogP contribution in [0.2, 0.25) is 0 Å². The molecule has 0 rings (SSSR count). The molecule has 0 aliphatic rings. The fourth-order valence-corrected chi connectivity index (χ4v) is 4.07. The third-order valence-electron chi connectivity index (χ3n) is 5.55. The molecule has 0 aromatic heterocycles. The van der Waals surface area contributed by atoms with E-state index in [2.05, 4.69) is 12.2 Å². The maximum absolute atomic E-state index is 10.5. The minimum absolute atomic E-state index is 0. The summed E-state index contributed by atoms with van der Waals surface area (Å²) in [6.45, 7) is 2.74. The first-order chi connectivity index (χ1) is 14.0. The van der Waals surface area contributed by atoms with Crippen LogP contribution >= 0.6 is 0 Å². The molecule has 0 heterocycles. The Balaban J connectivity index is 0. The smallest absolute Gasteiger partial charge is 0.748 e. The van der Waals surface area contributed by atoms with Crippen LogP contribution in [0.15, 0.2) is 0 Å². The first-order valence-corrected chi connectivity index (χ1v) is 13.9. The Morgan fingerprint density at radius 2 is 1.10 bits per heavy atom. The van der Waals surface area contributed by atoms with Gasteiger partial charge in [0.25, 0.3) is 0 Å². The van der Waals surface area contributed by atoms with E-state index in [0.717, 1.165) is 19.3 Å². The van der Waals surface area contributed by atoms with Crippen LogP contribution in [0.25, 0.3) is 0 Å². The number of nitrogens with one attached hydrogen (secondary N) is 1. The molecule has 176 valence electrons. The molecule has 2 N–H and O–H groups in total. The summed E-state index contributed by atoms with van der Waals surface area (Å²) in [5.41, 5.74) is 0. The summed E-state index contributed by atoms with van der Waals surface area (Å²) < 4.78 is 31.4. The van der Waals surface area contributed by atoms with Gasteiger partial charge in [-0.25, -0.2) is 8.42 Å². The van der Waals surface area contributed by atoms with Gasteiger partial charge in [0, 0.05) is 13.1 Å². The van der Waals surface area contributed by atoms with Gasteiger partial charge >= 0.3 is 51.4 Å². The largest absolute Gasteiger partial charge is 1.00 e. The van der Waals surface area contributed by atoms with E-state index in [1.54, 1.807) is 0 Å². The Labute approximate surface area is 230 Å². The van der Waals surface area contributed by atoms with Crippen molar-refractivity contribution in [1.29, 1.82) is 0 Å². The van der Waals surface area contributed by atoms with E-state index >= 15 is 0 Å². The van der Waals surface area contributed by atoms with Crippen LogP contribution in [0.4, 0.5) is 0 Å². The first kappa shape index (κ1) is 33.6. The van der Waals surface area contributed by atoms with Crippen molar-refractivity contribution < 1.29 is 69.5 Å². The monoisotopic (exact) mass is 473 g/mol. The zero-order valence-electron chi connectivity index (χ0n) is 20.0. The van der Waals surface area contributed by atoms with Crippen molar-refractivity contribution in [3.05, 3.63) is 0 Å². The second-order valence-electron chi connectivity index (χ2n) is 8.57. The van der Waals surface area contributed by atoms with E-state index in [4.69, 9.17) is 0 Å². The van der Waals surface area contributed by atoms with Gasteiger partial charge in [0.1, 0.15) is 0 Å². The molecule has 0 bridgehead atoms. The Hall–Kier alpha value is 1.47. The molecule has 0 aliphatic carbocycles. The summed E-state index contributed by atoms with van der Waals surface area (Å²) in [6.07, 6.45) is 23.1. The van der Waals surface area contributed by atoms with Crippen molar-refractivity contribution in [2.75, 3.05) is 18.8 Å². The first-order valence-electron chi connectivity index (χ1n) is 12.3. The van der Waals surface area contributed by atoms with Crippen LogP contribution in [0, 0.1) is 0 Å². The van der Waals surface area contributed by atoms with Crippen molar-refractivity contribution in [2.24, 2.45) is 0 Å². The van der Waals surface area contributed by atoms with Gasteiger partial charge in [0.2, 0.25) is 0 Å².